The van der Waals surface area contributed by atoms with E-state index < -0.39 is 14.6 Å². The third kappa shape index (κ3) is 3.16. The van der Waals surface area contributed by atoms with E-state index in [0.29, 0.717) is 19.8 Å². The Morgan fingerprint density at radius 3 is 2.74 bits per heavy atom. The SMILES string of the molecule is CC(C)(CNC1COCc2ccccc21)S(C)(=O)=O. The second-order valence-electron chi connectivity index (χ2n) is 5.68. The summed E-state index contributed by atoms with van der Waals surface area (Å²) in [5.74, 6) is 0. The van der Waals surface area contributed by atoms with E-state index in [1.807, 2.05) is 18.2 Å². The minimum Gasteiger partial charge on any atom is -0.375 e. The van der Waals surface area contributed by atoms with Crippen molar-refractivity contribution in [2.45, 2.75) is 31.2 Å². The fraction of sp³-hybridized carbons (Fsp3) is 0.571. The summed E-state index contributed by atoms with van der Waals surface area (Å²) in [6.45, 7) is 5.10. The smallest absolute Gasteiger partial charge is 0.153 e. The molecule has 0 spiro atoms. The Hall–Kier alpha value is -0.910. The third-order valence-electron chi connectivity index (χ3n) is 3.75. The first-order chi connectivity index (χ1) is 8.81. The summed E-state index contributed by atoms with van der Waals surface area (Å²) < 4.78 is 28.2. The van der Waals surface area contributed by atoms with Crippen LogP contribution >= 0.6 is 0 Å². The summed E-state index contributed by atoms with van der Waals surface area (Å²) in [7, 11) is -3.08. The van der Waals surface area contributed by atoms with Crippen molar-refractivity contribution in [3.05, 3.63) is 35.4 Å². The zero-order chi connectivity index (χ0) is 14.1. The third-order valence-corrected chi connectivity index (χ3v) is 5.90. The number of benzene rings is 1. The summed E-state index contributed by atoms with van der Waals surface area (Å²) in [5, 5.41) is 3.32. The van der Waals surface area contributed by atoms with E-state index in [1.54, 1.807) is 13.8 Å². The van der Waals surface area contributed by atoms with E-state index in [0.717, 1.165) is 0 Å². The van der Waals surface area contributed by atoms with Gasteiger partial charge in [0.2, 0.25) is 0 Å². The quantitative estimate of drug-likeness (QED) is 0.913. The van der Waals surface area contributed by atoms with Gasteiger partial charge in [-0.25, -0.2) is 8.42 Å². The number of nitrogens with one attached hydrogen (secondary N) is 1. The molecule has 5 heteroatoms. The highest BCUT2D eigenvalue weighted by Crippen LogP contribution is 2.25. The molecule has 1 N–H and O–H groups in total. The largest absolute Gasteiger partial charge is 0.375 e. The van der Waals surface area contributed by atoms with Crippen LogP contribution in [-0.2, 0) is 21.2 Å². The van der Waals surface area contributed by atoms with Gasteiger partial charge in [-0.3, -0.25) is 0 Å². The van der Waals surface area contributed by atoms with Crippen LogP contribution in [0.4, 0.5) is 0 Å². The molecule has 0 aromatic heterocycles. The molecule has 0 radical (unpaired) electrons. The molecular weight excluding hydrogens is 262 g/mol. The summed E-state index contributed by atoms with van der Waals surface area (Å²) in [5.41, 5.74) is 2.38. The van der Waals surface area contributed by atoms with Gasteiger partial charge in [0.05, 0.1) is 24.0 Å². The lowest BCUT2D eigenvalue weighted by Crippen LogP contribution is -2.44. The van der Waals surface area contributed by atoms with E-state index in [-0.39, 0.29) is 6.04 Å². The second-order valence-corrected chi connectivity index (χ2v) is 8.33. The highest BCUT2D eigenvalue weighted by molar-refractivity contribution is 7.92. The standard InChI is InChI=1S/C14H21NO3S/c1-14(2,19(3,16)17)10-15-13-9-18-8-11-6-4-5-7-12(11)13/h4-7,13,15H,8-10H2,1-3H3. The molecule has 1 aromatic carbocycles. The highest BCUT2D eigenvalue weighted by Gasteiger charge is 2.31. The molecule has 1 heterocycles. The molecule has 2 rings (SSSR count). The van der Waals surface area contributed by atoms with E-state index in [4.69, 9.17) is 4.74 Å². The second kappa shape index (κ2) is 5.23. The number of sulfone groups is 1. The van der Waals surface area contributed by atoms with Crippen LogP contribution in [0.5, 0.6) is 0 Å². The molecular formula is C14H21NO3S. The predicted molar refractivity (Wildman–Crippen MR) is 75.8 cm³/mol. The lowest BCUT2D eigenvalue weighted by atomic mass is 9.98. The lowest BCUT2D eigenvalue weighted by Gasteiger charge is -2.30. The highest BCUT2D eigenvalue weighted by atomic mass is 32.2. The van der Waals surface area contributed by atoms with Crippen molar-refractivity contribution >= 4 is 9.84 Å². The maximum atomic E-state index is 11.7. The Kier molecular flexibility index (Phi) is 3.99. The van der Waals surface area contributed by atoms with Gasteiger partial charge in [-0.1, -0.05) is 24.3 Å². The minimum atomic E-state index is -3.08. The van der Waals surface area contributed by atoms with Gasteiger partial charge in [-0.15, -0.1) is 0 Å². The number of hydrogen-bond donors (Lipinski definition) is 1. The Bertz CT molecular complexity index is 552. The monoisotopic (exact) mass is 283 g/mol. The Balaban J connectivity index is 2.10. The minimum absolute atomic E-state index is 0.0611. The summed E-state index contributed by atoms with van der Waals surface area (Å²) >= 11 is 0. The number of hydrogen-bond acceptors (Lipinski definition) is 4. The van der Waals surface area contributed by atoms with Gasteiger partial charge in [-0.05, 0) is 25.0 Å². The van der Waals surface area contributed by atoms with Gasteiger partial charge in [0.15, 0.2) is 9.84 Å². The van der Waals surface area contributed by atoms with Crippen molar-refractivity contribution in [1.29, 1.82) is 0 Å². The van der Waals surface area contributed by atoms with Gasteiger partial charge in [-0.2, -0.15) is 0 Å². The first-order valence-corrected chi connectivity index (χ1v) is 8.29. The molecule has 0 saturated heterocycles. The van der Waals surface area contributed by atoms with Crippen LogP contribution in [0, 0.1) is 0 Å². The number of rotatable bonds is 4. The average Bonchev–Trinajstić information content (AvgIpc) is 2.35. The normalized spacial score (nSPS) is 20.1. The van der Waals surface area contributed by atoms with E-state index in [1.165, 1.54) is 17.4 Å². The Morgan fingerprint density at radius 2 is 2.05 bits per heavy atom. The first-order valence-electron chi connectivity index (χ1n) is 6.40. The molecule has 1 atom stereocenters. The van der Waals surface area contributed by atoms with Crippen LogP contribution in [0.3, 0.4) is 0 Å². The molecule has 1 aliphatic heterocycles. The molecule has 0 saturated carbocycles. The molecule has 0 aliphatic carbocycles. The zero-order valence-corrected chi connectivity index (χ0v) is 12.5. The number of fused-ring (bicyclic) bond motifs is 1. The number of ether oxygens (including phenoxy) is 1. The molecule has 0 amide bonds. The molecule has 106 valence electrons. The van der Waals surface area contributed by atoms with Gasteiger partial charge >= 0.3 is 0 Å². The van der Waals surface area contributed by atoms with Gasteiger partial charge in [0, 0.05) is 12.8 Å². The predicted octanol–water partition coefficient (Wildman–Crippen LogP) is 1.67. The maximum Gasteiger partial charge on any atom is 0.153 e. The summed E-state index contributed by atoms with van der Waals surface area (Å²) in [6, 6.07) is 8.17. The van der Waals surface area contributed by atoms with Gasteiger partial charge < -0.3 is 10.1 Å². The van der Waals surface area contributed by atoms with E-state index in [2.05, 4.69) is 11.4 Å². The summed E-state index contributed by atoms with van der Waals surface area (Å²) in [6.07, 6.45) is 1.28. The van der Waals surface area contributed by atoms with Crippen LogP contribution in [0.2, 0.25) is 0 Å². The first kappa shape index (κ1) is 14.5. The molecule has 4 nitrogen and oxygen atoms in total. The fourth-order valence-corrected chi connectivity index (χ4v) is 2.40. The fourth-order valence-electron chi connectivity index (χ4n) is 2.05. The molecule has 0 fully saturated rings. The molecule has 19 heavy (non-hydrogen) atoms. The Labute approximate surface area is 115 Å². The zero-order valence-electron chi connectivity index (χ0n) is 11.6. The molecule has 1 aliphatic rings. The molecule has 1 aromatic rings. The molecule has 1 unspecified atom stereocenters. The maximum absolute atomic E-state index is 11.7. The molecule has 0 bridgehead atoms. The van der Waals surface area contributed by atoms with Crippen LogP contribution in [-0.4, -0.2) is 32.6 Å². The van der Waals surface area contributed by atoms with Crippen molar-refractivity contribution in [2.24, 2.45) is 0 Å². The lowest BCUT2D eigenvalue weighted by molar-refractivity contribution is 0.0816. The van der Waals surface area contributed by atoms with Gasteiger partial charge in [0.25, 0.3) is 0 Å². The van der Waals surface area contributed by atoms with Crippen LogP contribution in [0.25, 0.3) is 0 Å². The van der Waals surface area contributed by atoms with Crippen LogP contribution in [0.1, 0.15) is 31.0 Å². The van der Waals surface area contributed by atoms with Crippen LogP contribution in [0.15, 0.2) is 24.3 Å². The van der Waals surface area contributed by atoms with Crippen LogP contribution < -0.4 is 5.32 Å². The van der Waals surface area contributed by atoms with Crippen molar-refractivity contribution in [3.63, 3.8) is 0 Å². The average molecular weight is 283 g/mol. The Morgan fingerprint density at radius 1 is 1.37 bits per heavy atom. The summed E-state index contributed by atoms with van der Waals surface area (Å²) in [4.78, 5) is 0. The van der Waals surface area contributed by atoms with Crippen molar-refractivity contribution in [1.82, 2.24) is 5.32 Å². The van der Waals surface area contributed by atoms with E-state index >= 15 is 0 Å². The van der Waals surface area contributed by atoms with Crippen molar-refractivity contribution in [2.75, 3.05) is 19.4 Å². The van der Waals surface area contributed by atoms with Crippen molar-refractivity contribution < 1.29 is 13.2 Å². The van der Waals surface area contributed by atoms with Crippen molar-refractivity contribution in [3.8, 4) is 0 Å². The van der Waals surface area contributed by atoms with E-state index in [9.17, 15) is 8.42 Å². The topological polar surface area (TPSA) is 55.4 Å². The van der Waals surface area contributed by atoms with Gasteiger partial charge in [0.1, 0.15) is 0 Å².